The molecule has 1 heterocycles. The summed E-state index contributed by atoms with van der Waals surface area (Å²) in [6, 6.07) is 3.90. The second-order valence-electron chi connectivity index (χ2n) is 3.13. The Morgan fingerprint density at radius 1 is 1.20 bits per heavy atom. The van der Waals surface area contributed by atoms with Crippen molar-refractivity contribution in [2.45, 2.75) is 20.0 Å². The molecule has 0 amide bonds. The number of halogens is 1. The molecule has 1 rings (SSSR count). The van der Waals surface area contributed by atoms with Crippen LogP contribution in [0, 0.1) is 0 Å². The van der Waals surface area contributed by atoms with Crippen LogP contribution in [0.4, 0.5) is 0 Å². The van der Waals surface area contributed by atoms with Crippen molar-refractivity contribution in [3.63, 3.8) is 0 Å². The van der Waals surface area contributed by atoms with Crippen molar-refractivity contribution in [2.24, 2.45) is 0 Å². The molecule has 0 aliphatic heterocycles. The van der Waals surface area contributed by atoms with Gasteiger partial charge in [-0.25, -0.2) is 0 Å². The van der Waals surface area contributed by atoms with Crippen LogP contribution >= 0.6 is 15.9 Å². The average Bonchev–Trinajstić information content (AvgIpc) is 2.26. The van der Waals surface area contributed by atoms with Gasteiger partial charge in [-0.05, 0) is 34.5 Å². The molecule has 3 nitrogen and oxygen atoms in total. The lowest BCUT2D eigenvalue weighted by Gasteiger charge is -2.04. The van der Waals surface area contributed by atoms with E-state index in [-0.39, 0.29) is 0 Å². The van der Waals surface area contributed by atoms with Gasteiger partial charge in [0.25, 0.3) is 0 Å². The summed E-state index contributed by atoms with van der Waals surface area (Å²) in [4.78, 5) is 4.20. The van der Waals surface area contributed by atoms with E-state index in [0.717, 1.165) is 23.2 Å². The second kappa shape index (κ2) is 7.79. The average molecular weight is 274 g/mol. The minimum atomic E-state index is 0.544. The monoisotopic (exact) mass is 273 g/mol. The lowest BCUT2D eigenvalue weighted by molar-refractivity contribution is 0.0397. The van der Waals surface area contributed by atoms with Crippen LogP contribution < -0.4 is 0 Å². The molecular formula is C11H16BrNO2. The van der Waals surface area contributed by atoms with Crippen LogP contribution in [0.5, 0.6) is 0 Å². The number of pyridine rings is 1. The standard InChI is InChI=1S/C11H16BrNO2/c1-2-5-14-6-7-15-9-11-4-3-10(12)8-13-11/h3-4,8H,2,5-7,9H2,1H3. The van der Waals surface area contributed by atoms with Gasteiger partial charge in [0, 0.05) is 17.3 Å². The Morgan fingerprint density at radius 2 is 2.00 bits per heavy atom. The van der Waals surface area contributed by atoms with E-state index in [1.54, 1.807) is 6.20 Å². The molecule has 84 valence electrons. The smallest absolute Gasteiger partial charge is 0.0889 e. The summed E-state index contributed by atoms with van der Waals surface area (Å²) >= 11 is 3.33. The molecule has 0 N–H and O–H groups in total. The zero-order valence-electron chi connectivity index (χ0n) is 8.91. The number of nitrogens with zero attached hydrogens (tertiary/aromatic N) is 1. The first kappa shape index (κ1) is 12.6. The summed E-state index contributed by atoms with van der Waals surface area (Å²) in [7, 11) is 0. The lowest BCUT2D eigenvalue weighted by atomic mass is 10.4. The maximum atomic E-state index is 5.40. The number of hydrogen-bond donors (Lipinski definition) is 0. The number of rotatable bonds is 7. The van der Waals surface area contributed by atoms with Gasteiger partial charge in [0.15, 0.2) is 0 Å². The third-order valence-corrected chi connectivity index (χ3v) is 2.23. The van der Waals surface area contributed by atoms with Crippen molar-refractivity contribution in [2.75, 3.05) is 19.8 Å². The summed E-state index contributed by atoms with van der Waals surface area (Å²) in [6.07, 6.45) is 2.82. The minimum absolute atomic E-state index is 0.544. The molecule has 0 saturated carbocycles. The highest BCUT2D eigenvalue weighted by Gasteiger charge is 1.94. The van der Waals surface area contributed by atoms with Gasteiger partial charge in [-0.3, -0.25) is 4.98 Å². The number of ether oxygens (including phenoxy) is 2. The van der Waals surface area contributed by atoms with Crippen molar-refractivity contribution in [1.82, 2.24) is 4.98 Å². The van der Waals surface area contributed by atoms with Crippen LogP contribution in [0.3, 0.4) is 0 Å². The Labute approximate surface area is 98.9 Å². The highest BCUT2D eigenvalue weighted by atomic mass is 79.9. The minimum Gasteiger partial charge on any atom is -0.379 e. The fraction of sp³-hybridized carbons (Fsp3) is 0.545. The van der Waals surface area contributed by atoms with Gasteiger partial charge < -0.3 is 9.47 Å². The fourth-order valence-corrected chi connectivity index (χ4v) is 1.27. The van der Waals surface area contributed by atoms with Gasteiger partial charge in [0.05, 0.1) is 25.5 Å². The Kier molecular flexibility index (Phi) is 6.55. The molecule has 1 aromatic rings. The Bertz CT molecular complexity index is 264. The quantitative estimate of drug-likeness (QED) is 0.716. The Balaban J connectivity index is 2.07. The molecule has 0 unspecified atom stereocenters. The highest BCUT2D eigenvalue weighted by molar-refractivity contribution is 9.10. The predicted octanol–water partition coefficient (Wildman–Crippen LogP) is 2.79. The molecule has 4 heteroatoms. The van der Waals surface area contributed by atoms with Crippen LogP contribution in [-0.4, -0.2) is 24.8 Å². The van der Waals surface area contributed by atoms with Crippen LogP contribution in [0.1, 0.15) is 19.0 Å². The molecule has 0 radical (unpaired) electrons. The van der Waals surface area contributed by atoms with E-state index < -0.39 is 0 Å². The molecule has 0 aliphatic carbocycles. The number of hydrogen-bond acceptors (Lipinski definition) is 3. The summed E-state index contributed by atoms with van der Waals surface area (Å²) in [5.41, 5.74) is 0.939. The molecule has 0 saturated heterocycles. The third kappa shape index (κ3) is 5.87. The molecule has 0 fully saturated rings. The molecule has 0 spiro atoms. The first-order chi connectivity index (χ1) is 7.33. The van der Waals surface area contributed by atoms with Gasteiger partial charge in [0.2, 0.25) is 0 Å². The van der Waals surface area contributed by atoms with Crippen molar-refractivity contribution < 1.29 is 9.47 Å². The third-order valence-electron chi connectivity index (χ3n) is 1.76. The molecule has 15 heavy (non-hydrogen) atoms. The van der Waals surface area contributed by atoms with E-state index in [9.17, 15) is 0 Å². The van der Waals surface area contributed by atoms with Gasteiger partial charge in [-0.2, -0.15) is 0 Å². The zero-order chi connectivity index (χ0) is 10.9. The summed E-state index contributed by atoms with van der Waals surface area (Å²) in [5, 5.41) is 0. The van der Waals surface area contributed by atoms with Gasteiger partial charge >= 0.3 is 0 Å². The van der Waals surface area contributed by atoms with Crippen LogP contribution in [-0.2, 0) is 16.1 Å². The maximum Gasteiger partial charge on any atom is 0.0889 e. The van der Waals surface area contributed by atoms with Crippen molar-refractivity contribution in [3.8, 4) is 0 Å². The largest absolute Gasteiger partial charge is 0.379 e. The zero-order valence-corrected chi connectivity index (χ0v) is 10.5. The molecular weight excluding hydrogens is 258 g/mol. The van der Waals surface area contributed by atoms with Crippen molar-refractivity contribution in [3.05, 3.63) is 28.5 Å². The molecule has 1 aromatic heterocycles. The summed E-state index contributed by atoms with van der Waals surface area (Å²) in [6.45, 7) is 4.72. The van der Waals surface area contributed by atoms with Gasteiger partial charge in [-0.1, -0.05) is 6.92 Å². The normalized spacial score (nSPS) is 10.5. The van der Waals surface area contributed by atoms with Crippen molar-refractivity contribution >= 4 is 15.9 Å². The highest BCUT2D eigenvalue weighted by Crippen LogP contribution is 2.07. The second-order valence-corrected chi connectivity index (χ2v) is 4.05. The molecule has 0 aromatic carbocycles. The van der Waals surface area contributed by atoms with E-state index in [1.165, 1.54) is 0 Å². The topological polar surface area (TPSA) is 31.4 Å². The van der Waals surface area contributed by atoms with E-state index >= 15 is 0 Å². The first-order valence-corrected chi connectivity index (χ1v) is 5.88. The van der Waals surface area contributed by atoms with Gasteiger partial charge in [-0.15, -0.1) is 0 Å². The van der Waals surface area contributed by atoms with Crippen LogP contribution in [0.25, 0.3) is 0 Å². The Hall–Kier alpha value is -0.450. The van der Waals surface area contributed by atoms with E-state index in [0.29, 0.717) is 19.8 Å². The SMILES string of the molecule is CCCOCCOCc1ccc(Br)cn1. The number of aromatic nitrogens is 1. The summed E-state index contributed by atoms with van der Waals surface area (Å²) in [5.74, 6) is 0. The molecule has 0 bridgehead atoms. The lowest BCUT2D eigenvalue weighted by Crippen LogP contribution is -2.05. The van der Waals surface area contributed by atoms with Crippen LogP contribution in [0.2, 0.25) is 0 Å². The maximum absolute atomic E-state index is 5.40. The van der Waals surface area contributed by atoms with E-state index in [2.05, 4.69) is 27.8 Å². The van der Waals surface area contributed by atoms with E-state index in [4.69, 9.17) is 9.47 Å². The van der Waals surface area contributed by atoms with Crippen molar-refractivity contribution in [1.29, 1.82) is 0 Å². The van der Waals surface area contributed by atoms with E-state index in [1.807, 2.05) is 12.1 Å². The predicted molar refractivity (Wildman–Crippen MR) is 62.7 cm³/mol. The fourth-order valence-electron chi connectivity index (χ4n) is 1.03. The first-order valence-electron chi connectivity index (χ1n) is 5.09. The molecule has 0 atom stereocenters. The summed E-state index contributed by atoms with van der Waals surface area (Å²) < 4.78 is 11.7. The Morgan fingerprint density at radius 3 is 2.67 bits per heavy atom. The van der Waals surface area contributed by atoms with Gasteiger partial charge in [0.1, 0.15) is 0 Å². The molecule has 0 aliphatic rings. The van der Waals surface area contributed by atoms with Crippen LogP contribution in [0.15, 0.2) is 22.8 Å².